The van der Waals surface area contributed by atoms with E-state index in [0.29, 0.717) is 24.3 Å². The summed E-state index contributed by atoms with van der Waals surface area (Å²) in [6, 6.07) is 6.45. The molecule has 1 fully saturated rings. The van der Waals surface area contributed by atoms with Crippen LogP contribution in [0.4, 0.5) is 5.69 Å². The lowest BCUT2D eigenvalue weighted by atomic mass is 10.2. The summed E-state index contributed by atoms with van der Waals surface area (Å²) >= 11 is 5.89. The first kappa shape index (κ1) is 16.3. The Bertz CT molecular complexity index is 620. The Labute approximate surface area is 133 Å². The number of rotatable bonds is 4. The Balaban J connectivity index is 1.92. The predicted octanol–water partition coefficient (Wildman–Crippen LogP) is 2.26. The van der Waals surface area contributed by atoms with Crippen molar-refractivity contribution >= 4 is 29.2 Å². The van der Waals surface area contributed by atoms with Gasteiger partial charge in [-0.1, -0.05) is 11.6 Å². The number of hydrogen-bond donors (Lipinski definition) is 1. The number of amides is 1. The third kappa shape index (κ3) is 3.97. The number of anilines is 1. The second kappa shape index (κ2) is 7.25. The summed E-state index contributed by atoms with van der Waals surface area (Å²) < 4.78 is 10.3. The minimum Gasteiger partial charge on any atom is -0.451 e. The van der Waals surface area contributed by atoms with Crippen molar-refractivity contribution in [3.63, 3.8) is 0 Å². The molecule has 2 atom stereocenters. The topological polar surface area (TPSA) is 88.4 Å². The van der Waals surface area contributed by atoms with Crippen LogP contribution in [0, 0.1) is 11.3 Å². The molecule has 1 amide bonds. The minimum absolute atomic E-state index is 0.240. The third-order valence-electron chi connectivity index (χ3n) is 3.21. The number of ether oxygens (including phenoxy) is 2. The van der Waals surface area contributed by atoms with Crippen molar-refractivity contribution in [2.45, 2.75) is 32.0 Å². The molecule has 1 aliphatic heterocycles. The molecule has 1 saturated heterocycles. The standard InChI is InChI=1S/C15H15ClN2O4/c1-9(22-15(20)13-3-2-6-21-13)14(19)18-11-5-4-10(8-17)12(16)7-11/h4-5,7,9,13H,2-3,6H2,1H3,(H,18,19)/t9-,13-/m1/s1. The number of hydrogen-bond acceptors (Lipinski definition) is 5. The second-order valence-corrected chi connectivity index (χ2v) is 5.28. The summed E-state index contributed by atoms with van der Waals surface area (Å²) in [6.07, 6.45) is -0.117. The number of nitrogens with one attached hydrogen (secondary N) is 1. The Hall–Kier alpha value is -2.10. The van der Waals surface area contributed by atoms with Crippen LogP contribution in [0.25, 0.3) is 0 Å². The van der Waals surface area contributed by atoms with Gasteiger partial charge in [0, 0.05) is 12.3 Å². The summed E-state index contributed by atoms with van der Waals surface area (Å²) in [5, 5.41) is 11.6. The lowest BCUT2D eigenvalue weighted by molar-refractivity contribution is -0.162. The minimum atomic E-state index is -0.953. The Morgan fingerprint density at radius 2 is 2.32 bits per heavy atom. The Kier molecular flexibility index (Phi) is 5.36. The van der Waals surface area contributed by atoms with Gasteiger partial charge in [-0.15, -0.1) is 0 Å². The average molecular weight is 323 g/mol. The number of halogens is 1. The van der Waals surface area contributed by atoms with Gasteiger partial charge >= 0.3 is 5.97 Å². The molecule has 1 aromatic rings. The molecule has 0 unspecified atom stereocenters. The molecule has 1 N–H and O–H groups in total. The third-order valence-corrected chi connectivity index (χ3v) is 3.52. The summed E-state index contributed by atoms with van der Waals surface area (Å²) in [5.41, 5.74) is 0.742. The van der Waals surface area contributed by atoms with Crippen LogP contribution in [0.2, 0.25) is 5.02 Å². The van der Waals surface area contributed by atoms with Crippen molar-refractivity contribution in [2.24, 2.45) is 0 Å². The summed E-state index contributed by atoms with van der Waals surface area (Å²) in [6.45, 7) is 2.01. The van der Waals surface area contributed by atoms with Crippen molar-refractivity contribution in [3.8, 4) is 6.07 Å². The van der Waals surface area contributed by atoms with Crippen molar-refractivity contribution in [1.82, 2.24) is 0 Å². The molecule has 1 aromatic carbocycles. The van der Waals surface area contributed by atoms with E-state index >= 15 is 0 Å². The van der Waals surface area contributed by atoms with E-state index in [1.165, 1.54) is 19.1 Å². The van der Waals surface area contributed by atoms with Gasteiger partial charge in [-0.25, -0.2) is 4.79 Å². The van der Waals surface area contributed by atoms with Gasteiger partial charge < -0.3 is 14.8 Å². The van der Waals surface area contributed by atoms with E-state index in [4.69, 9.17) is 26.3 Å². The molecule has 7 heteroatoms. The number of carbonyl (C=O) groups is 2. The molecule has 0 bridgehead atoms. The number of carbonyl (C=O) groups excluding carboxylic acids is 2. The van der Waals surface area contributed by atoms with Crippen LogP contribution in [-0.2, 0) is 19.1 Å². The maximum atomic E-state index is 12.0. The molecular formula is C15H15ClN2O4. The molecule has 1 aliphatic rings. The highest BCUT2D eigenvalue weighted by atomic mass is 35.5. The highest BCUT2D eigenvalue weighted by Crippen LogP contribution is 2.20. The first-order valence-electron chi connectivity index (χ1n) is 6.84. The van der Waals surface area contributed by atoms with Crippen LogP contribution in [0.3, 0.4) is 0 Å². The normalized spacial score (nSPS) is 18.3. The van der Waals surface area contributed by atoms with Crippen LogP contribution in [0.1, 0.15) is 25.3 Å². The number of nitrogens with zero attached hydrogens (tertiary/aromatic N) is 1. The lowest BCUT2D eigenvalue weighted by Gasteiger charge is -2.16. The van der Waals surface area contributed by atoms with Crippen molar-refractivity contribution < 1.29 is 19.1 Å². The Morgan fingerprint density at radius 3 is 2.91 bits per heavy atom. The molecule has 6 nitrogen and oxygen atoms in total. The molecule has 0 aliphatic carbocycles. The van der Waals surface area contributed by atoms with E-state index in [9.17, 15) is 9.59 Å². The molecule has 0 radical (unpaired) electrons. The zero-order valence-corrected chi connectivity index (χ0v) is 12.7. The summed E-state index contributed by atoms with van der Waals surface area (Å²) in [5.74, 6) is -1.01. The summed E-state index contributed by atoms with van der Waals surface area (Å²) in [4.78, 5) is 23.8. The van der Waals surface area contributed by atoms with Crippen LogP contribution >= 0.6 is 11.6 Å². The molecule has 1 heterocycles. The fraction of sp³-hybridized carbons (Fsp3) is 0.400. The van der Waals surface area contributed by atoms with Crippen LogP contribution in [-0.4, -0.2) is 30.7 Å². The van der Waals surface area contributed by atoms with Gasteiger partial charge in [0.05, 0.1) is 10.6 Å². The quantitative estimate of drug-likeness (QED) is 0.859. The first-order valence-corrected chi connectivity index (χ1v) is 7.21. The van der Waals surface area contributed by atoms with Crippen LogP contribution in [0.5, 0.6) is 0 Å². The fourth-order valence-electron chi connectivity index (χ4n) is 1.99. The van der Waals surface area contributed by atoms with Gasteiger partial charge in [0.15, 0.2) is 12.2 Å². The van der Waals surface area contributed by atoms with Crippen molar-refractivity contribution in [2.75, 3.05) is 11.9 Å². The fourth-order valence-corrected chi connectivity index (χ4v) is 2.22. The number of esters is 1. The molecule has 0 spiro atoms. The predicted molar refractivity (Wildman–Crippen MR) is 79.3 cm³/mol. The van der Waals surface area contributed by atoms with E-state index in [1.807, 2.05) is 6.07 Å². The van der Waals surface area contributed by atoms with Crippen molar-refractivity contribution in [3.05, 3.63) is 28.8 Å². The second-order valence-electron chi connectivity index (χ2n) is 4.88. The first-order chi connectivity index (χ1) is 10.5. The molecule has 116 valence electrons. The van der Waals surface area contributed by atoms with E-state index in [-0.39, 0.29) is 5.02 Å². The monoisotopic (exact) mass is 322 g/mol. The molecule has 0 saturated carbocycles. The molecular weight excluding hydrogens is 308 g/mol. The van der Waals surface area contributed by atoms with Crippen molar-refractivity contribution in [1.29, 1.82) is 5.26 Å². The largest absolute Gasteiger partial charge is 0.451 e. The van der Waals surface area contributed by atoms with E-state index in [2.05, 4.69) is 5.32 Å². The van der Waals surface area contributed by atoms with Crippen LogP contribution < -0.4 is 5.32 Å². The number of nitriles is 1. The molecule has 0 aromatic heterocycles. The molecule has 22 heavy (non-hydrogen) atoms. The molecule has 2 rings (SSSR count). The van der Waals surface area contributed by atoms with Gasteiger partial charge in [0.25, 0.3) is 5.91 Å². The van der Waals surface area contributed by atoms with Gasteiger partial charge in [-0.3, -0.25) is 4.79 Å². The zero-order chi connectivity index (χ0) is 16.1. The SMILES string of the molecule is C[C@@H](OC(=O)[C@H]1CCCO1)C(=O)Nc1ccc(C#N)c(Cl)c1. The van der Waals surface area contributed by atoms with E-state index in [1.54, 1.807) is 6.07 Å². The van der Waals surface area contributed by atoms with Gasteiger partial charge in [-0.05, 0) is 38.0 Å². The average Bonchev–Trinajstić information content (AvgIpc) is 3.01. The maximum absolute atomic E-state index is 12.0. The highest BCUT2D eigenvalue weighted by molar-refractivity contribution is 6.32. The maximum Gasteiger partial charge on any atom is 0.336 e. The highest BCUT2D eigenvalue weighted by Gasteiger charge is 2.28. The van der Waals surface area contributed by atoms with Gasteiger partial charge in [0.1, 0.15) is 6.07 Å². The Morgan fingerprint density at radius 1 is 1.55 bits per heavy atom. The van der Waals surface area contributed by atoms with Crippen LogP contribution in [0.15, 0.2) is 18.2 Å². The summed E-state index contributed by atoms with van der Waals surface area (Å²) in [7, 11) is 0. The van der Waals surface area contributed by atoms with Gasteiger partial charge in [0.2, 0.25) is 0 Å². The van der Waals surface area contributed by atoms with E-state index < -0.39 is 24.1 Å². The smallest absolute Gasteiger partial charge is 0.336 e. The van der Waals surface area contributed by atoms with Gasteiger partial charge in [-0.2, -0.15) is 5.26 Å². The van der Waals surface area contributed by atoms with E-state index in [0.717, 1.165) is 6.42 Å². The number of benzene rings is 1. The lowest BCUT2D eigenvalue weighted by Crippen LogP contribution is -2.34. The zero-order valence-electron chi connectivity index (χ0n) is 12.0.